The third kappa shape index (κ3) is 11.4. The van der Waals surface area contributed by atoms with Crippen molar-refractivity contribution in [3.05, 3.63) is 6.92 Å². The predicted molar refractivity (Wildman–Crippen MR) is 48.5 cm³/mol. The molecule has 0 aromatic carbocycles. The molecule has 0 heterocycles. The molecule has 0 saturated heterocycles. The first-order chi connectivity index (χ1) is 6.27. The van der Waals surface area contributed by atoms with E-state index in [-0.39, 0.29) is 6.42 Å². The monoisotopic (exact) mass is 189 g/mol. The molecule has 0 amide bonds. The van der Waals surface area contributed by atoms with E-state index in [0.717, 1.165) is 6.42 Å². The number of carboxylic acids is 1. The Hall–Kier alpha value is -0.610. The molecule has 0 aliphatic rings. The topological polar surface area (TPSA) is 55.8 Å². The number of carboxylic acid groups (broad SMARTS) is 1. The van der Waals surface area contributed by atoms with Crippen LogP contribution in [-0.4, -0.2) is 37.5 Å². The molecular formula is C9H17O4. The summed E-state index contributed by atoms with van der Waals surface area (Å²) in [5, 5.41) is 8.30. The summed E-state index contributed by atoms with van der Waals surface area (Å²) < 4.78 is 10.2. The highest BCUT2D eigenvalue weighted by Crippen LogP contribution is 1.90. The summed E-state index contributed by atoms with van der Waals surface area (Å²) in [4.78, 5) is 10.1. The minimum Gasteiger partial charge on any atom is -0.481 e. The van der Waals surface area contributed by atoms with Crippen molar-refractivity contribution in [2.45, 2.75) is 19.3 Å². The first kappa shape index (κ1) is 12.4. The highest BCUT2D eigenvalue weighted by Gasteiger charge is 1.95. The second-order valence-electron chi connectivity index (χ2n) is 2.58. The third-order valence-corrected chi connectivity index (χ3v) is 1.34. The summed E-state index contributed by atoms with van der Waals surface area (Å²) in [6.45, 7) is 5.84. The van der Waals surface area contributed by atoms with Crippen molar-refractivity contribution >= 4 is 5.97 Å². The highest BCUT2D eigenvalue weighted by molar-refractivity contribution is 5.66. The zero-order chi connectivity index (χ0) is 9.94. The molecular weight excluding hydrogens is 172 g/mol. The van der Waals surface area contributed by atoms with Gasteiger partial charge in [-0.1, -0.05) is 6.92 Å². The molecule has 1 N–H and O–H groups in total. The molecule has 0 aliphatic carbocycles. The molecule has 0 fully saturated rings. The largest absolute Gasteiger partial charge is 0.481 e. The molecule has 0 aliphatic heterocycles. The molecule has 0 rings (SSSR count). The minimum absolute atomic E-state index is 0.166. The van der Waals surface area contributed by atoms with Gasteiger partial charge in [-0.15, -0.1) is 0 Å². The first-order valence-electron chi connectivity index (χ1n) is 4.44. The maximum absolute atomic E-state index is 10.1. The lowest BCUT2D eigenvalue weighted by molar-refractivity contribution is -0.137. The smallest absolute Gasteiger partial charge is 0.303 e. The summed E-state index contributed by atoms with van der Waals surface area (Å²) in [7, 11) is 0. The van der Waals surface area contributed by atoms with Crippen molar-refractivity contribution in [2.75, 3.05) is 26.4 Å². The van der Waals surface area contributed by atoms with E-state index >= 15 is 0 Å². The van der Waals surface area contributed by atoms with E-state index in [0.29, 0.717) is 32.8 Å². The van der Waals surface area contributed by atoms with Gasteiger partial charge in [0.1, 0.15) is 0 Å². The number of ether oxygens (including phenoxy) is 2. The molecule has 77 valence electrons. The fraction of sp³-hybridized carbons (Fsp3) is 0.778. The van der Waals surface area contributed by atoms with E-state index < -0.39 is 5.97 Å². The number of rotatable bonds is 9. The molecule has 0 aromatic heterocycles. The van der Waals surface area contributed by atoms with E-state index in [4.69, 9.17) is 14.6 Å². The predicted octanol–water partition coefficient (Wildman–Crippen LogP) is 1.11. The van der Waals surface area contributed by atoms with Crippen LogP contribution in [0.2, 0.25) is 0 Å². The molecule has 0 unspecified atom stereocenters. The summed E-state index contributed by atoms with van der Waals surface area (Å²) in [5.41, 5.74) is 0. The van der Waals surface area contributed by atoms with Crippen LogP contribution in [0.15, 0.2) is 0 Å². The normalized spacial score (nSPS) is 10.2. The van der Waals surface area contributed by atoms with Gasteiger partial charge in [0, 0.05) is 19.6 Å². The SMILES string of the molecule is [CH2]CCOCCOCCCC(=O)O. The molecule has 0 spiro atoms. The Labute approximate surface area is 78.8 Å². The van der Waals surface area contributed by atoms with Crippen LogP contribution in [0.3, 0.4) is 0 Å². The highest BCUT2D eigenvalue weighted by atomic mass is 16.5. The van der Waals surface area contributed by atoms with Crippen LogP contribution in [0.25, 0.3) is 0 Å². The van der Waals surface area contributed by atoms with E-state index in [1.807, 2.05) is 0 Å². The zero-order valence-corrected chi connectivity index (χ0v) is 7.83. The van der Waals surface area contributed by atoms with Gasteiger partial charge in [0.05, 0.1) is 13.2 Å². The molecule has 4 heteroatoms. The van der Waals surface area contributed by atoms with Crippen LogP contribution in [0.1, 0.15) is 19.3 Å². The fourth-order valence-electron chi connectivity index (χ4n) is 0.749. The average molecular weight is 189 g/mol. The van der Waals surface area contributed by atoms with Crippen LogP contribution in [0, 0.1) is 6.92 Å². The van der Waals surface area contributed by atoms with E-state index in [9.17, 15) is 4.79 Å². The quantitative estimate of drug-likeness (QED) is 0.552. The van der Waals surface area contributed by atoms with Gasteiger partial charge < -0.3 is 14.6 Å². The van der Waals surface area contributed by atoms with Crippen molar-refractivity contribution in [3.8, 4) is 0 Å². The average Bonchev–Trinajstić information content (AvgIpc) is 2.09. The number of carbonyl (C=O) groups is 1. The summed E-state index contributed by atoms with van der Waals surface area (Å²) in [6, 6.07) is 0. The maximum Gasteiger partial charge on any atom is 0.303 e. The molecule has 13 heavy (non-hydrogen) atoms. The lowest BCUT2D eigenvalue weighted by Gasteiger charge is -2.03. The second kappa shape index (κ2) is 9.48. The number of aliphatic carboxylic acids is 1. The van der Waals surface area contributed by atoms with Crippen molar-refractivity contribution < 1.29 is 19.4 Å². The van der Waals surface area contributed by atoms with Crippen LogP contribution >= 0.6 is 0 Å². The Morgan fingerprint density at radius 2 is 1.77 bits per heavy atom. The van der Waals surface area contributed by atoms with E-state index in [1.165, 1.54) is 0 Å². The van der Waals surface area contributed by atoms with Gasteiger partial charge in [-0.05, 0) is 12.8 Å². The van der Waals surface area contributed by atoms with Gasteiger partial charge in [-0.2, -0.15) is 0 Å². The van der Waals surface area contributed by atoms with Crippen LogP contribution in [0.4, 0.5) is 0 Å². The molecule has 4 nitrogen and oxygen atoms in total. The van der Waals surface area contributed by atoms with Crippen molar-refractivity contribution in [2.24, 2.45) is 0 Å². The van der Waals surface area contributed by atoms with Gasteiger partial charge in [0.25, 0.3) is 0 Å². The summed E-state index contributed by atoms with van der Waals surface area (Å²) in [6.07, 6.45) is 1.49. The standard InChI is InChI=1S/C9H17O4/c1-2-5-12-7-8-13-6-3-4-9(10)11/h1-8H2,(H,10,11). The van der Waals surface area contributed by atoms with Gasteiger partial charge in [-0.25, -0.2) is 0 Å². The Bertz CT molecular complexity index is 125. The van der Waals surface area contributed by atoms with Crippen LogP contribution in [-0.2, 0) is 14.3 Å². The van der Waals surface area contributed by atoms with Crippen molar-refractivity contribution in [1.29, 1.82) is 0 Å². The molecule has 0 aromatic rings. The zero-order valence-electron chi connectivity index (χ0n) is 7.83. The van der Waals surface area contributed by atoms with E-state index in [2.05, 4.69) is 6.92 Å². The molecule has 1 radical (unpaired) electrons. The molecule has 0 bridgehead atoms. The Morgan fingerprint density at radius 1 is 1.15 bits per heavy atom. The number of hydrogen-bond acceptors (Lipinski definition) is 3. The van der Waals surface area contributed by atoms with Gasteiger partial charge in [-0.3, -0.25) is 4.79 Å². The minimum atomic E-state index is -0.781. The Morgan fingerprint density at radius 3 is 2.31 bits per heavy atom. The lowest BCUT2D eigenvalue weighted by Crippen LogP contribution is -2.06. The Balaban J connectivity index is 2.87. The van der Waals surface area contributed by atoms with Gasteiger partial charge in [0.2, 0.25) is 0 Å². The van der Waals surface area contributed by atoms with Crippen molar-refractivity contribution in [1.82, 2.24) is 0 Å². The lowest BCUT2D eigenvalue weighted by atomic mass is 10.3. The maximum atomic E-state index is 10.1. The third-order valence-electron chi connectivity index (χ3n) is 1.34. The first-order valence-corrected chi connectivity index (χ1v) is 4.44. The molecule has 0 saturated carbocycles. The summed E-state index contributed by atoms with van der Waals surface area (Å²) >= 11 is 0. The van der Waals surface area contributed by atoms with Crippen molar-refractivity contribution in [3.63, 3.8) is 0 Å². The van der Waals surface area contributed by atoms with E-state index in [1.54, 1.807) is 0 Å². The Kier molecular flexibility index (Phi) is 9.03. The second-order valence-corrected chi connectivity index (χ2v) is 2.58. The van der Waals surface area contributed by atoms with Gasteiger partial charge >= 0.3 is 5.97 Å². The number of hydrogen-bond donors (Lipinski definition) is 1. The fourth-order valence-corrected chi connectivity index (χ4v) is 0.749. The van der Waals surface area contributed by atoms with Crippen LogP contribution in [0.5, 0.6) is 0 Å². The van der Waals surface area contributed by atoms with Crippen LogP contribution < -0.4 is 0 Å². The molecule has 0 atom stereocenters. The summed E-state index contributed by atoms with van der Waals surface area (Å²) in [5.74, 6) is -0.781. The van der Waals surface area contributed by atoms with Gasteiger partial charge in [0.15, 0.2) is 0 Å².